The fourth-order valence-corrected chi connectivity index (χ4v) is 2.85. The van der Waals surface area contributed by atoms with E-state index in [1.165, 1.54) is 18.2 Å². The number of carboxylic acid groups (broad SMARTS) is 1. The number of nitrogens with one attached hydrogen (secondary N) is 1. The third-order valence-electron chi connectivity index (χ3n) is 3.65. The first-order chi connectivity index (χ1) is 9.44. The van der Waals surface area contributed by atoms with Crippen LogP contribution >= 0.6 is 15.9 Å². The number of carboxylic acids is 1. The summed E-state index contributed by atoms with van der Waals surface area (Å²) in [6, 6.07) is 3.87. The van der Waals surface area contributed by atoms with Crippen molar-refractivity contribution >= 4 is 27.8 Å². The Morgan fingerprint density at radius 1 is 1.25 bits per heavy atom. The van der Waals surface area contributed by atoms with Gasteiger partial charge in [-0.05, 0) is 47.0 Å². The zero-order valence-electron chi connectivity index (χ0n) is 10.8. The molecule has 20 heavy (non-hydrogen) atoms. The van der Waals surface area contributed by atoms with E-state index in [1.807, 2.05) is 0 Å². The molecule has 1 amide bonds. The monoisotopic (exact) mass is 343 g/mol. The predicted octanol–water partition coefficient (Wildman–Crippen LogP) is 3.11. The Balaban J connectivity index is 2.20. The average molecular weight is 344 g/mol. The summed E-state index contributed by atoms with van der Waals surface area (Å²) in [6.07, 6.45) is 3.39. The van der Waals surface area contributed by atoms with Gasteiger partial charge >= 0.3 is 5.97 Å². The lowest BCUT2D eigenvalue weighted by Gasteiger charge is -2.34. The molecule has 1 aromatic rings. The van der Waals surface area contributed by atoms with Crippen LogP contribution in [0.3, 0.4) is 0 Å². The minimum Gasteiger partial charge on any atom is -0.480 e. The molecule has 0 radical (unpaired) electrons. The zero-order valence-corrected chi connectivity index (χ0v) is 12.4. The Bertz CT molecular complexity index is 541. The van der Waals surface area contributed by atoms with Gasteiger partial charge in [-0.3, -0.25) is 4.79 Å². The van der Waals surface area contributed by atoms with Crippen molar-refractivity contribution < 1.29 is 19.1 Å². The smallest absolute Gasteiger partial charge is 0.329 e. The molecule has 2 N–H and O–H groups in total. The van der Waals surface area contributed by atoms with Crippen LogP contribution < -0.4 is 5.32 Å². The Morgan fingerprint density at radius 3 is 2.45 bits per heavy atom. The molecule has 0 spiro atoms. The highest BCUT2D eigenvalue weighted by Crippen LogP contribution is 2.29. The van der Waals surface area contributed by atoms with Gasteiger partial charge in [-0.25, -0.2) is 9.18 Å². The fourth-order valence-electron chi connectivity index (χ4n) is 2.47. The number of hydrogen-bond acceptors (Lipinski definition) is 2. The molecule has 0 aliphatic heterocycles. The van der Waals surface area contributed by atoms with Gasteiger partial charge in [0.25, 0.3) is 5.91 Å². The van der Waals surface area contributed by atoms with E-state index in [0.717, 1.165) is 19.3 Å². The molecule has 1 aromatic carbocycles. The van der Waals surface area contributed by atoms with Crippen LogP contribution in [0, 0.1) is 5.82 Å². The Morgan fingerprint density at radius 2 is 1.90 bits per heavy atom. The summed E-state index contributed by atoms with van der Waals surface area (Å²) in [5.74, 6) is -1.96. The summed E-state index contributed by atoms with van der Waals surface area (Å²) < 4.78 is 13.3. The normalized spacial score (nSPS) is 17.5. The van der Waals surface area contributed by atoms with Crippen molar-refractivity contribution in [3.8, 4) is 0 Å². The highest BCUT2D eigenvalue weighted by molar-refractivity contribution is 9.10. The predicted molar refractivity (Wildman–Crippen MR) is 75.0 cm³/mol. The van der Waals surface area contributed by atoms with Crippen LogP contribution in [0.4, 0.5) is 4.39 Å². The van der Waals surface area contributed by atoms with Crippen LogP contribution in [0.5, 0.6) is 0 Å². The van der Waals surface area contributed by atoms with Crippen molar-refractivity contribution in [2.45, 2.75) is 37.6 Å². The molecule has 0 saturated heterocycles. The number of carbonyl (C=O) groups excluding carboxylic acids is 1. The lowest BCUT2D eigenvalue weighted by Crippen LogP contribution is -2.55. The van der Waals surface area contributed by atoms with Crippen LogP contribution in [-0.4, -0.2) is 22.5 Å². The Hall–Kier alpha value is -1.43. The summed E-state index contributed by atoms with van der Waals surface area (Å²) in [7, 11) is 0. The van der Waals surface area contributed by atoms with E-state index in [9.17, 15) is 19.1 Å². The molecule has 1 fully saturated rings. The van der Waals surface area contributed by atoms with E-state index in [1.54, 1.807) is 0 Å². The topological polar surface area (TPSA) is 66.4 Å². The molecular weight excluding hydrogens is 329 g/mol. The number of carbonyl (C=O) groups is 2. The SMILES string of the molecule is O=C(NC1(C(=O)O)CCCCC1)c1ccc(F)c(Br)c1. The second kappa shape index (κ2) is 5.91. The van der Waals surface area contributed by atoms with Gasteiger partial charge in [-0.2, -0.15) is 0 Å². The van der Waals surface area contributed by atoms with Gasteiger partial charge in [-0.15, -0.1) is 0 Å². The van der Waals surface area contributed by atoms with Gasteiger partial charge < -0.3 is 10.4 Å². The first-order valence-corrected chi connectivity index (χ1v) is 7.25. The summed E-state index contributed by atoms with van der Waals surface area (Å²) in [6.45, 7) is 0. The summed E-state index contributed by atoms with van der Waals surface area (Å²) >= 11 is 3.01. The number of hydrogen-bond donors (Lipinski definition) is 2. The molecule has 0 aromatic heterocycles. The van der Waals surface area contributed by atoms with Crippen molar-refractivity contribution in [3.63, 3.8) is 0 Å². The van der Waals surface area contributed by atoms with Gasteiger partial charge in [-0.1, -0.05) is 19.3 Å². The minimum absolute atomic E-state index is 0.179. The number of aliphatic carboxylic acids is 1. The third kappa shape index (κ3) is 3.00. The van der Waals surface area contributed by atoms with Crippen LogP contribution in [0.15, 0.2) is 22.7 Å². The lowest BCUT2D eigenvalue weighted by atomic mass is 9.81. The number of rotatable bonds is 3. The van der Waals surface area contributed by atoms with E-state index in [2.05, 4.69) is 21.2 Å². The van der Waals surface area contributed by atoms with Crippen molar-refractivity contribution in [2.75, 3.05) is 0 Å². The minimum atomic E-state index is -1.20. The molecule has 1 aliphatic rings. The van der Waals surface area contributed by atoms with Crippen LogP contribution in [0.25, 0.3) is 0 Å². The molecule has 0 heterocycles. The lowest BCUT2D eigenvalue weighted by molar-refractivity contribution is -0.145. The zero-order chi connectivity index (χ0) is 14.8. The van der Waals surface area contributed by atoms with Crippen molar-refractivity contribution in [2.24, 2.45) is 0 Å². The average Bonchev–Trinajstić information content (AvgIpc) is 2.42. The molecule has 6 heteroatoms. The highest BCUT2D eigenvalue weighted by Gasteiger charge is 2.41. The molecule has 1 aliphatic carbocycles. The fraction of sp³-hybridized carbons (Fsp3) is 0.429. The Labute approximate surface area is 124 Å². The third-order valence-corrected chi connectivity index (χ3v) is 4.26. The van der Waals surface area contributed by atoms with Gasteiger partial charge in [0, 0.05) is 5.56 Å². The van der Waals surface area contributed by atoms with E-state index < -0.39 is 23.2 Å². The molecule has 0 bridgehead atoms. The highest BCUT2D eigenvalue weighted by atomic mass is 79.9. The summed E-state index contributed by atoms with van der Waals surface area (Å²) in [5.41, 5.74) is -0.958. The standard InChI is InChI=1S/C14H15BrFNO3/c15-10-8-9(4-5-11(10)16)12(18)17-14(13(19)20)6-2-1-3-7-14/h4-5,8H,1-3,6-7H2,(H,17,18)(H,19,20). The largest absolute Gasteiger partial charge is 0.480 e. The Kier molecular flexibility index (Phi) is 4.42. The van der Waals surface area contributed by atoms with Gasteiger partial charge in [0.1, 0.15) is 11.4 Å². The first kappa shape index (κ1) is 15.0. The van der Waals surface area contributed by atoms with Crippen molar-refractivity contribution in [1.29, 1.82) is 0 Å². The molecule has 2 rings (SSSR count). The van der Waals surface area contributed by atoms with Crippen molar-refractivity contribution in [1.82, 2.24) is 5.32 Å². The summed E-state index contributed by atoms with van der Waals surface area (Å²) in [5, 5.41) is 12.0. The maximum Gasteiger partial charge on any atom is 0.329 e. The van der Waals surface area contributed by atoms with Crippen LogP contribution in [-0.2, 0) is 4.79 Å². The van der Waals surface area contributed by atoms with E-state index in [-0.39, 0.29) is 10.0 Å². The molecular formula is C14H15BrFNO3. The van der Waals surface area contributed by atoms with E-state index >= 15 is 0 Å². The van der Waals surface area contributed by atoms with Crippen LogP contribution in [0.2, 0.25) is 0 Å². The number of benzene rings is 1. The number of amides is 1. The molecule has 1 saturated carbocycles. The van der Waals surface area contributed by atoms with Gasteiger partial charge in [0.05, 0.1) is 4.47 Å². The molecule has 0 unspecified atom stereocenters. The van der Waals surface area contributed by atoms with E-state index in [4.69, 9.17) is 0 Å². The van der Waals surface area contributed by atoms with Gasteiger partial charge in [0.15, 0.2) is 0 Å². The van der Waals surface area contributed by atoms with E-state index in [0.29, 0.717) is 12.8 Å². The quantitative estimate of drug-likeness (QED) is 0.886. The second-order valence-corrected chi connectivity index (χ2v) is 5.89. The molecule has 108 valence electrons. The van der Waals surface area contributed by atoms with Gasteiger partial charge in [0.2, 0.25) is 0 Å². The number of halogens is 2. The summed E-state index contributed by atoms with van der Waals surface area (Å²) in [4.78, 5) is 23.6. The molecule has 0 atom stereocenters. The second-order valence-electron chi connectivity index (χ2n) is 5.03. The van der Waals surface area contributed by atoms with Crippen LogP contribution in [0.1, 0.15) is 42.5 Å². The maximum atomic E-state index is 13.2. The maximum absolute atomic E-state index is 13.2. The molecule has 4 nitrogen and oxygen atoms in total. The van der Waals surface area contributed by atoms with Crippen molar-refractivity contribution in [3.05, 3.63) is 34.1 Å². The first-order valence-electron chi connectivity index (χ1n) is 6.45.